The van der Waals surface area contributed by atoms with Crippen molar-refractivity contribution >= 4 is 23.9 Å². The monoisotopic (exact) mass is 502 g/mol. The molecule has 1 atom stereocenters. The smallest absolute Gasteiger partial charge is 0.323 e. The Hall–Kier alpha value is -3.75. The van der Waals surface area contributed by atoms with E-state index in [4.69, 9.17) is 14.6 Å². The molecule has 0 aliphatic heterocycles. The van der Waals surface area contributed by atoms with Gasteiger partial charge in [0, 0.05) is 12.0 Å². The molecule has 0 saturated heterocycles. The van der Waals surface area contributed by atoms with Crippen LogP contribution in [0.5, 0.6) is 0 Å². The lowest BCUT2D eigenvalue weighted by atomic mass is 9.66. The molecule has 36 heavy (non-hydrogen) atoms. The zero-order chi connectivity index (χ0) is 26.8. The van der Waals surface area contributed by atoms with Crippen LogP contribution < -0.4 is 0 Å². The number of rotatable bonds is 14. The van der Waals surface area contributed by atoms with Crippen molar-refractivity contribution in [2.75, 3.05) is 13.2 Å². The molecule has 2 rings (SSSR count). The third kappa shape index (κ3) is 6.08. The van der Waals surface area contributed by atoms with E-state index < -0.39 is 40.5 Å². The number of carboxylic acids is 2. The summed E-state index contributed by atoms with van der Waals surface area (Å²) in [5, 5.41) is 19.6. The van der Waals surface area contributed by atoms with Gasteiger partial charge in [-0.2, -0.15) is 0 Å². The number of carbonyl (C=O) groups excluding carboxylic acids is 2. The molecule has 0 aromatic heterocycles. The zero-order valence-electron chi connectivity index (χ0n) is 20.4. The molecule has 194 valence electrons. The van der Waals surface area contributed by atoms with E-state index in [2.05, 4.69) is 0 Å². The standard InChI is InChI=1S/C27H31FO8/c1-3-35-24(33)26(25(34)36-4-2,16-10-15-22(29)30)17-18-27(23(31)32,19-11-6-5-7-12-19)20-13-8-9-14-21(20)28/h5-9,11-14H,3-4,10,15-18H2,1-2H3,(H,29,30)(H,31,32). The van der Waals surface area contributed by atoms with Crippen LogP contribution in [0.3, 0.4) is 0 Å². The summed E-state index contributed by atoms with van der Waals surface area (Å²) in [5.74, 6) is -5.12. The van der Waals surface area contributed by atoms with E-state index in [0.29, 0.717) is 0 Å². The minimum atomic E-state index is -1.97. The summed E-state index contributed by atoms with van der Waals surface area (Å²) in [7, 11) is 0. The van der Waals surface area contributed by atoms with Crippen LogP contribution in [-0.2, 0) is 34.1 Å². The minimum absolute atomic E-state index is 0.0575. The number of aliphatic carboxylic acids is 2. The van der Waals surface area contributed by atoms with Crippen molar-refractivity contribution in [3.05, 3.63) is 71.5 Å². The number of carboxylic acid groups (broad SMARTS) is 2. The molecule has 0 saturated carbocycles. The highest BCUT2D eigenvalue weighted by Gasteiger charge is 2.52. The van der Waals surface area contributed by atoms with E-state index in [1.807, 2.05) is 0 Å². The second kappa shape index (κ2) is 12.8. The third-order valence-electron chi connectivity index (χ3n) is 6.22. The van der Waals surface area contributed by atoms with Crippen molar-refractivity contribution in [1.29, 1.82) is 0 Å². The Morgan fingerprint density at radius 2 is 1.36 bits per heavy atom. The molecule has 0 spiro atoms. The molecule has 0 bridgehead atoms. The van der Waals surface area contributed by atoms with Crippen molar-refractivity contribution in [2.45, 2.75) is 51.4 Å². The quantitative estimate of drug-likeness (QED) is 0.288. The summed E-state index contributed by atoms with van der Waals surface area (Å²) in [5.41, 5.74) is -3.79. The molecule has 0 heterocycles. The van der Waals surface area contributed by atoms with E-state index in [1.165, 1.54) is 18.2 Å². The normalized spacial score (nSPS) is 12.9. The molecule has 0 aliphatic carbocycles. The molecule has 0 fully saturated rings. The number of halogens is 1. The van der Waals surface area contributed by atoms with E-state index in [0.717, 1.165) is 6.07 Å². The van der Waals surface area contributed by atoms with Crippen molar-refractivity contribution in [2.24, 2.45) is 5.41 Å². The van der Waals surface area contributed by atoms with Crippen molar-refractivity contribution in [1.82, 2.24) is 0 Å². The molecule has 9 heteroatoms. The van der Waals surface area contributed by atoms with Crippen LogP contribution in [0.15, 0.2) is 54.6 Å². The fraction of sp³-hybridized carbons (Fsp3) is 0.407. The Bertz CT molecular complexity index is 1050. The molecule has 2 aromatic carbocycles. The van der Waals surface area contributed by atoms with Gasteiger partial charge >= 0.3 is 23.9 Å². The van der Waals surface area contributed by atoms with E-state index in [-0.39, 0.29) is 56.4 Å². The minimum Gasteiger partial charge on any atom is -0.481 e. The van der Waals surface area contributed by atoms with Gasteiger partial charge in [0.1, 0.15) is 11.2 Å². The predicted molar refractivity (Wildman–Crippen MR) is 128 cm³/mol. The van der Waals surface area contributed by atoms with Crippen LogP contribution in [0.1, 0.15) is 57.1 Å². The summed E-state index contributed by atoms with van der Waals surface area (Å²) < 4.78 is 25.5. The Morgan fingerprint density at radius 1 is 0.806 bits per heavy atom. The van der Waals surface area contributed by atoms with E-state index in [1.54, 1.807) is 44.2 Å². The van der Waals surface area contributed by atoms with Gasteiger partial charge < -0.3 is 19.7 Å². The summed E-state index contributed by atoms with van der Waals surface area (Å²) in [6.07, 6.45) is -1.36. The Labute approximate surface area is 209 Å². The molecule has 1 unspecified atom stereocenters. The predicted octanol–water partition coefficient (Wildman–Crippen LogP) is 4.34. The summed E-state index contributed by atoms with van der Waals surface area (Å²) in [6.45, 7) is 2.98. The number of hydrogen-bond donors (Lipinski definition) is 2. The van der Waals surface area contributed by atoms with Crippen LogP contribution in [0.4, 0.5) is 4.39 Å². The lowest BCUT2D eigenvalue weighted by Crippen LogP contribution is -2.46. The topological polar surface area (TPSA) is 127 Å². The lowest BCUT2D eigenvalue weighted by Gasteiger charge is -2.35. The summed E-state index contributed by atoms with van der Waals surface area (Å²) in [4.78, 5) is 50.4. The van der Waals surface area contributed by atoms with Crippen LogP contribution in [0.2, 0.25) is 0 Å². The van der Waals surface area contributed by atoms with Gasteiger partial charge in [0.25, 0.3) is 0 Å². The van der Waals surface area contributed by atoms with Crippen LogP contribution >= 0.6 is 0 Å². The number of esters is 2. The maximum absolute atomic E-state index is 15.1. The van der Waals surface area contributed by atoms with Gasteiger partial charge in [0.05, 0.1) is 13.2 Å². The molecule has 0 aliphatic rings. The number of carbonyl (C=O) groups is 4. The first-order valence-electron chi connectivity index (χ1n) is 11.8. The zero-order valence-corrected chi connectivity index (χ0v) is 20.4. The molecule has 0 radical (unpaired) electrons. The second-order valence-corrected chi connectivity index (χ2v) is 8.33. The van der Waals surface area contributed by atoms with Crippen LogP contribution in [-0.4, -0.2) is 47.3 Å². The molecule has 0 amide bonds. The Morgan fingerprint density at radius 3 is 1.86 bits per heavy atom. The van der Waals surface area contributed by atoms with Gasteiger partial charge in [-0.15, -0.1) is 0 Å². The number of benzene rings is 2. The van der Waals surface area contributed by atoms with Crippen LogP contribution in [0.25, 0.3) is 0 Å². The highest BCUT2D eigenvalue weighted by atomic mass is 19.1. The van der Waals surface area contributed by atoms with Crippen molar-refractivity contribution in [3.63, 3.8) is 0 Å². The van der Waals surface area contributed by atoms with Gasteiger partial charge in [-0.1, -0.05) is 48.5 Å². The van der Waals surface area contributed by atoms with E-state index in [9.17, 15) is 24.3 Å². The fourth-order valence-corrected chi connectivity index (χ4v) is 4.41. The Balaban J connectivity index is 2.69. The van der Waals surface area contributed by atoms with Crippen molar-refractivity contribution < 1.29 is 43.3 Å². The molecule has 8 nitrogen and oxygen atoms in total. The van der Waals surface area contributed by atoms with Crippen molar-refractivity contribution in [3.8, 4) is 0 Å². The summed E-state index contributed by atoms with van der Waals surface area (Å²) >= 11 is 0. The first kappa shape index (κ1) is 28.5. The number of ether oxygens (including phenoxy) is 2. The fourth-order valence-electron chi connectivity index (χ4n) is 4.41. The number of hydrogen-bond acceptors (Lipinski definition) is 6. The largest absolute Gasteiger partial charge is 0.481 e. The molecular weight excluding hydrogens is 471 g/mol. The average Bonchev–Trinajstić information content (AvgIpc) is 2.84. The maximum Gasteiger partial charge on any atom is 0.323 e. The first-order valence-corrected chi connectivity index (χ1v) is 11.8. The van der Waals surface area contributed by atoms with E-state index >= 15 is 4.39 Å². The molecule has 2 N–H and O–H groups in total. The van der Waals surface area contributed by atoms with Gasteiger partial charge in [0.15, 0.2) is 5.41 Å². The highest BCUT2D eigenvalue weighted by Crippen LogP contribution is 2.44. The third-order valence-corrected chi connectivity index (χ3v) is 6.22. The van der Waals surface area contributed by atoms with Crippen LogP contribution in [0, 0.1) is 11.2 Å². The van der Waals surface area contributed by atoms with Gasteiger partial charge in [-0.3, -0.25) is 19.2 Å². The Kier molecular flexibility index (Phi) is 10.1. The summed E-state index contributed by atoms with van der Waals surface area (Å²) in [6, 6.07) is 13.5. The van der Waals surface area contributed by atoms with Gasteiger partial charge in [-0.05, 0) is 51.2 Å². The SMILES string of the molecule is CCOC(=O)C(CCCC(=O)O)(CCC(C(=O)O)(c1ccccc1)c1ccccc1F)C(=O)OCC. The van der Waals surface area contributed by atoms with Gasteiger partial charge in [0.2, 0.25) is 0 Å². The first-order chi connectivity index (χ1) is 17.2. The maximum atomic E-state index is 15.1. The molecular formula is C27H31FO8. The molecule has 2 aromatic rings. The second-order valence-electron chi connectivity index (χ2n) is 8.33. The van der Waals surface area contributed by atoms with Gasteiger partial charge in [-0.25, -0.2) is 4.39 Å². The lowest BCUT2D eigenvalue weighted by molar-refractivity contribution is -0.174. The highest BCUT2D eigenvalue weighted by molar-refractivity contribution is 6.00. The average molecular weight is 503 g/mol.